The van der Waals surface area contributed by atoms with Crippen molar-refractivity contribution in [1.29, 1.82) is 0 Å². The fourth-order valence-electron chi connectivity index (χ4n) is 3.37. The molecule has 4 rings (SSSR count). The number of rotatable bonds is 5. The van der Waals surface area contributed by atoms with Crippen LogP contribution in [0, 0.1) is 6.92 Å². The number of carbonyl (C=O) groups is 1. The topological polar surface area (TPSA) is 100 Å². The lowest BCUT2D eigenvalue weighted by atomic mass is 10.1. The van der Waals surface area contributed by atoms with Crippen LogP contribution in [-0.2, 0) is 11.3 Å². The zero-order valence-corrected chi connectivity index (χ0v) is 16.2. The fraction of sp³-hybridized carbons (Fsp3) is 0.471. The molecule has 2 N–H and O–H groups in total. The van der Waals surface area contributed by atoms with E-state index < -0.39 is 0 Å². The van der Waals surface area contributed by atoms with Gasteiger partial charge in [-0.2, -0.15) is 14.6 Å². The molecule has 4 heterocycles. The Bertz CT molecular complexity index is 951. The number of piperidine rings is 1. The highest BCUT2D eigenvalue weighted by molar-refractivity contribution is 7.15. The van der Waals surface area contributed by atoms with Crippen LogP contribution in [0.2, 0.25) is 0 Å². The molecule has 3 aromatic rings. The molecule has 3 aromatic heterocycles. The van der Waals surface area contributed by atoms with E-state index >= 15 is 0 Å². The molecule has 1 saturated heterocycles. The number of hydrogen-bond donors (Lipinski definition) is 2. The van der Waals surface area contributed by atoms with Crippen LogP contribution in [0.25, 0.3) is 5.78 Å². The summed E-state index contributed by atoms with van der Waals surface area (Å²) in [6, 6.07) is 2.33. The Morgan fingerprint density at radius 1 is 1.41 bits per heavy atom. The molecular formula is C17H22N8OS. The van der Waals surface area contributed by atoms with Crippen LogP contribution in [0.3, 0.4) is 0 Å². The maximum absolute atomic E-state index is 11.1. The van der Waals surface area contributed by atoms with Crippen molar-refractivity contribution in [3.63, 3.8) is 0 Å². The maximum Gasteiger partial charge on any atom is 0.254 e. The summed E-state index contributed by atoms with van der Waals surface area (Å²) in [4.78, 5) is 27.5. The van der Waals surface area contributed by atoms with Crippen LogP contribution in [0.4, 0.5) is 10.9 Å². The second-order valence-electron chi connectivity index (χ2n) is 6.79. The van der Waals surface area contributed by atoms with Crippen LogP contribution in [0.15, 0.2) is 18.6 Å². The second kappa shape index (κ2) is 7.57. The number of likely N-dealkylation sites (tertiary alicyclic amines) is 1. The Kier molecular flexibility index (Phi) is 4.99. The molecule has 27 heavy (non-hydrogen) atoms. The number of aromatic nitrogens is 5. The lowest BCUT2D eigenvalue weighted by Crippen LogP contribution is -2.41. The van der Waals surface area contributed by atoms with Gasteiger partial charge < -0.3 is 10.6 Å². The van der Waals surface area contributed by atoms with Crippen molar-refractivity contribution in [2.24, 2.45) is 0 Å². The number of nitrogens with one attached hydrogen (secondary N) is 2. The third-order valence-corrected chi connectivity index (χ3v) is 5.35. The Balaban J connectivity index is 1.41. The quantitative estimate of drug-likeness (QED) is 0.691. The molecule has 0 radical (unpaired) electrons. The first-order valence-corrected chi connectivity index (χ1v) is 9.77. The van der Waals surface area contributed by atoms with Crippen molar-refractivity contribution in [3.8, 4) is 0 Å². The molecule has 1 unspecified atom stereocenters. The standard InChI is InChI=1S/C17H22N8OS/c1-11-6-15(25-16(21-11)19-10-20-25)23-13-4-3-5-24(8-13)9-14-7-18-17(27-14)22-12(2)26/h6-7,10,13,23H,3-5,8-9H2,1-2H3,(H,18,22,26). The summed E-state index contributed by atoms with van der Waals surface area (Å²) >= 11 is 1.53. The number of anilines is 2. The average molecular weight is 386 g/mol. The van der Waals surface area contributed by atoms with Gasteiger partial charge in [-0.05, 0) is 26.3 Å². The summed E-state index contributed by atoms with van der Waals surface area (Å²) in [5, 5.41) is 11.3. The van der Waals surface area contributed by atoms with Gasteiger partial charge >= 0.3 is 0 Å². The minimum atomic E-state index is -0.0924. The number of fused-ring (bicyclic) bond motifs is 1. The fourth-order valence-corrected chi connectivity index (χ4v) is 4.27. The molecule has 0 aromatic carbocycles. The zero-order valence-electron chi connectivity index (χ0n) is 15.3. The Hall–Kier alpha value is -2.59. The predicted octanol–water partition coefficient (Wildman–Crippen LogP) is 1.92. The molecule has 0 aliphatic carbocycles. The molecule has 1 fully saturated rings. The van der Waals surface area contributed by atoms with Crippen molar-refractivity contribution in [3.05, 3.63) is 29.2 Å². The predicted molar refractivity (Wildman–Crippen MR) is 104 cm³/mol. The number of amides is 1. The first kappa shape index (κ1) is 17.8. The van der Waals surface area contributed by atoms with Crippen molar-refractivity contribution in [2.75, 3.05) is 23.7 Å². The molecule has 9 nitrogen and oxygen atoms in total. The Morgan fingerprint density at radius 2 is 2.30 bits per heavy atom. The van der Waals surface area contributed by atoms with Gasteiger partial charge in [0.1, 0.15) is 12.1 Å². The van der Waals surface area contributed by atoms with Crippen LogP contribution in [0.1, 0.15) is 30.3 Å². The van der Waals surface area contributed by atoms with E-state index in [1.807, 2.05) is 19.2 Å². The molecule has 10 heteroatoms. The van der Waals surface area contributed by atoms with E-state index in [2.05, 4.69) is 35.6 Å². The van der Waals surface area contributed by atoms with Gasteiger partial charge in [0, 0.05) is 48.9 Å². The minimum absolute atomic E-state index is 0.0924. The van der Waals surface area contributed by atoms with Crippen LogP contribution in [0.5, 0.6) is 0 Å². The van der Waals surface area contributed by atoms with Crippen molar-refractivity contribution < 1.29 is 4.79 Å². The molecule has 1 aliphatic heterocycles. The van der Waals surface area contributed by atoms with Gasteiger partial charge in [0.05, 0.1) is 0 Å². The molecule has 1 atom stereocenters. The molecule has 1 aliphatic rings. The Labute approximate surface area is 160 Å². The van der Waals surface area contributed by atoms with Gasteiger partial charge in [-0.15, -0.1) is 11.3 Å². The summed E-state index contributed by atoms with van der Waals surface area (Å²) in [5.41, 5.74) is 0.917. The molecular weight excluding hydrogens is 364 g/mol. The van der Waals surface area contributed by atoms with Gasteiger partial charge in [-0.3, -0.25) is 9.69 Å². The van der Waals surface area contributed by atoms with Crippen molar-refractivity contribution >= 4 is 34.0 Å². The third-order valence-electron chi connectivity index (χ3n) is 4.45. The summed E-state index contributed by atoms with van der Waals surface area (Å²) < 4.78 is 1.74. The van der Waals surface area contributed by atoms with E-state index in [0.29, 0.717) is 17.0 Å². The molecule has 0 spiro atoms. The van der Waals surface area contributed by atoms with Gasteiger partial charge in [0.2, 0.25) is 5.91 Å². The smallest absolute Gasteiger partial charge is 0.254 e. The molecule has 0 bridgehead atoms. The Morgan fingerprint density at radius 3 is 3.15 bits per heavy atom. The van der Waals surface area contributed by atoms with E-state index in [1.54, 1.807) is 4.52 Å². The summed E-state index contributed by atoms with van der Waals surface area (Å²) in [6.07, 6.45) is 5.60. The highest BCUT2D eigenvalue weighted by atomic mass is 32.1. The van der Waals surface area contributed by atoms with Gasteiger partial charge in [-0.25, -0.2) is 9.97 Å². The van der Waals surface area contributed by atoms with E-state index in [9.17, 15) is 4.79 Å². The van der Waals surface area contributed by atoms with Gasteiger partial charge in [0.25, 0.3) is 5.78 Å². The van der Waals surface area contributed by atoms with E-state index in [0.717, 1.165) is 48.9 Å². The number of aryl methyl sites for hydroxylation is 1. The second-order valence-corrected chi connectivity index (χ2v) is 7.90. The lowest BCUT2D eigenvalue weighted by Gasteiger charge is -2.33. The van der Waals surface area contributed by atoms with Crippen LogP contribution < -0.4 is 10.6 Å². The normalized spacial score (nSPS) is 17.9. The number of nitrogens with zero attached hydrogens (tertiary/aromatic N) is 6. The highest BCUT2D eigenvalue weighted by Gasteiger charge is 2.21. The number of carbonyl (C=O) groups excluding carboxylic acids is 1. The third kappa shape index (κ3) is 4.22. The molecule has 0 saturated carbocycles. The van der Waals surface area contributed by atoms with Crippen molar-refractivity contribution in [1.82, 2.24) is 29.5 Å². The molecule has 1 amide bonds. The first-order valence-electron chi connectivity index (χ1n) is 8.95. The van der Waals surface area contributed by atoms with Gasteiger partial charge in [0.15, 0.2) is 5.13 Å². The minimum Gasteiger partial charge on any atom is -0.366 e. The largest absolute Gasteiger partial charge is 0.366 e. The highest BCUT2D eigenvalue weighted by Crippen LogP contribution is 2.23. The number of hydrogen-bond acceptors (Lipinski definition) is 8. The monoisotopic (exact) mass is 386 g/mol. The van der Waals surface area contributed by atoms with E-state index in [1.165, 1.54) is 24.6 Å². The number of thiazole rings is 1. The molecule has 142 valence electrons. The first-order chi connectivity index (χ1) is 13.1. The SMILES string of the molecule is CC(=O)Nc1ncc(CN2CCCC(Nc3cc(C)nc4ncnn34)C2)s1. The van der Waals surface area contributed by atoms with Crippen molar-refractivity contribution in [2.45, 2.75) is 39.3 Å². The summed E-state index contributed by atoms with van der Waals surface area (Å²) in [6.45, 7) is 6.28. The van der Waals surface area contributed by atoms with Crippen LogP contribution in [-0.4, -0.2) is 54.5 Å². The maximum atomic E-state index is 11.1. The van der Waals surface area contributed by atoms with Gasteiger partial charge in [-0.1, -0.05) is 0 Å². The van der Waals surface area contributed by atoms with Crippen LogP contribution >= 0.6 is 11.3 Å². The lowest BCUT2D eigenvalue weighted by molar-refractivity contribution is -0.114. The summed E-state index contributed by atoms with van der Waals surface area (Å²) in [5.74, 6) is 1.44. The summed E-state index contributed by atoms with van der Waals surface area (Å²) in [7, 11) is 0. The van der Waals surface area contributed by atoms with E-state index in [-0.39, 0.29) is 5.91 Å². The van der Waals surface area contributed by atoms with E-state index in [4.69, 9.17) is 0 Å². The zero-order chi connectivity index (χ0) is 18.8. The average Bonchev–Trinajstić information content (AvgIpc) is 3.24.